The van der Waals surface area contributed by atoms with E-state index in [-0.39, 0.29) is 0 Å². The lowest BCUT2D eigenvalue weighted by Crippen LogP contribution is -2.10. The largest absolute Gasteiger partial charge is 0.454 e. The van der Waals surface area contributed by atoms with Gasteiger partial charge in [-0.15, -0.1) is 0 Å². The van der Waals surface area contributed by atoms with Gasteiger partial charge in [-0.05, 0) is 101 Å². The van der Waals surface area contributed by atoms with Gasteiger partial charge in [-0.2, -0.15) is 0 Å². The van der Waals surface area contributed by atoms with Crippen molar-refractivity contribution in [2.75, 3.05) is 4.90 Å². The molecule has 3 aromatic heterocycles. The summed E-state index contributed by atoms with van der Waals surface area (Å²) in [4.78, 5) is 6.69. The first-order valence-corrected chi connectivity index (χ1v) is 17.2. The molecule has 0 saturated carbocycles. The standard InChI is InChI=1S/C47H31N3O/c1-4-12-32(13-5-1)34-26-35(33-14-6-2-7-15-33)28-39(27-34)49(38-21-23-46-43(30-38)41-24-25-48-31-47(41)51-46)37-20-22-45-42(29-37)40-18-10-11-19-44(40)50(45)36-16-8-3-9-17-36/h1-31H. The number of pyridine rings is 1. The second-order valence-electron chi connectivity index (χ2n) is 12.9. The molecule has 240 valence electrons. The molecule has 0 saturated heterocycles. The van der Waals surface area contributed by atoms with Gasteiger partial charge in [-0.3, -0.25) is 4.98 Å². The highest BCUT2D eigenvalue weighted by Gasteiger charge is 2.20. The molecule has 7 aromatic carbocycles. The third-order valence-corrected chi connectivity index (χ3v) is 9.83. The molecule has 3 heterocycles. The Labute approximate surface area is 295 Å². The van der Waals surface area contributed by atoms with Crippen LogP contribution in [0.1, 0.15) is 0 Å². The average Bonchev–Trinajstić information content (AvgIpc) is 3.74. The number of furan rings is 1. The second-order valence-corrected chi connectivity index (χ2v) is 12.9. The number of rotatable bonds is 6. The first-order chi connectivity index (χ1) is 25.3. The van der Waals surface area contributed by atoms with E-state index >= 15 is 0 Å². The molecule has 10 rings (SSSR count). The van der Waals surface area contributed by atoms with Gasteiger partial charge in [-0.25, -0.2) is 0 Å². The minimum absolute atomic E-state index is 0.781. The molecule has 4 nitrogen and oxygen atoms in total. The number of aromatic nitrogens is 2. The number of hydrogen-bond donors (Lipinski definition) is 0. The van der Waals surface area contributed by atoms with Gasteiger partial charge in [0.1, 0.15) is 5.58 Å². The third-order valence-electron chi connectivity index (χ3n) is 9.83. The number of fused-ring (bicyclic) bond motifs is 6. The fourth-order valence-corrected chi connectivity index (χ4v) is 7.50. The number of anilines is 3. The highest BCUT2D eigenvalue weighted by atomic mass is 16.3. The number of benzene rings is 7. The highest BCUT2D eigenvalue weighted by molar-refractivity contribution is 6.11. The normalized spacial score (nSPS) is 11.5. The predicted octanol–water partition coefficient (Wildman–Crippen LogP) is 12.9. The molecular weight excluding hydrogens is 623 g/mol. The summed E-state index contributed by atoms with van der Waals surface area (Å²) in [7, 11) is 0. The van der Waals surface area contributed by atoms with Gasteiger partial charge in [0.05, 0.1) is 17.2 Å². The Balaban J connectivity index is 1.26. The number of para-hydroxylation sites is 2. The maximum absolute atomic E-state index is 6.22. The van der Waals surface area contributed by atoms with Gasteiger partial charge in [0.25, 0.3) is 0 Å². The first kappa shape index (κ1) is 29.0. The van der Waals surface area contributed by atoms with Gasteiger partial charge in [0, 0.05) is 50.5 Å². The summed E-state index contributed by atoms with van der Waals surface area (Å²) in [6, 6.07) is 62.8. The third kappa shape index (κ3) is 4.96. The lowest BCUT2D eigenvalue weighted by Gasteiger charge is -2.27. The van der Waals surface area contributed by atoms with Crippen LogP contribution < -0.4 is 4.90 Å². The molecule has 0 bridgehead atoms. The van der Waals surface area contributed by atoms with Gasteiger partial charge in [0.15, 0.2) is 5.58 Å². The smallest absolute Gasteiger partial charge is 0.153 e. The molecule has 51 heavy (non-hydrogen) atoms. The van der Waals surface area contributed by atoms with Gasteiger partial charge < -0.3 is 13.9 Å². The molecule has 0 aliphatic heterocycles. The van der Waals surface area contributed by atoms with Crippen molar-refractivity contribution in [1.29, 1.82) is 0 Å². The van der Waals surface area contributed by atoms with E-state index in [0.29, 0.717) is 0 Å². The highest BCUT2D eigenvalue weighted by Crippen LogP contribution is 2.44. The van der Waals surface area contributed by atoms with E-state index in [9.17, 15) is 0 Å². The van der Waals surface area contributed by atoms with Gasteiger partial charge in [0.2, 0.25) is 0 Å². The van der Waals surface area contributed by atoms with E-state index < -0.39 is 0 Å². The maximum Gasteiger partial charge on any atom is 0.153 e. The van der Waals surface area contributed by atoms with Crippen LogP contribution in [0.3, 0.4) is 0 Å². The molecule has 0 atom stereocenters. The molecule has 0 fully saturated rings. The number of hydrogen-bond acceptors (Lipinski definition) is 3. The summed E-state index contributed by atoms with van der Waals surface area (Å²) in [6.07, 6.45) is 3.62. The molecule has 0 N–H and O–H groups in total. The summed E-state index contributed by atoms with van der Waals surface area (Å²) in [5.41, 5.74) is 12.9. The molecule has 0 aliphatic rings. The van der Waals surface area contributed by atoms with Crippen molar-refractivity contribution in [1.82, 2.24) is 9.55 Å². The summed E-state index contributed by atoms with van der Waals surface area (Å²) >= 11 is 0. The van der Waals surface area contributed by atoms with E-state index in [0.717, 1.165) is 61.3 Å². The maximum atomic E-state index is 6.22. The minimum Gasteiger partial charge on any atom is -0.454 e. The summed E-state index contributed by atoms with van der Waals surface area (Å²) in [5.74, 6) is 0. The lowest BCUT2D eigenvalue weighted by atomic mass is 9.97. The predicted molar refractivity (Wildman–Crippen MR) is 211 cm³/mol. The fourth-order valence-electron chi connectivity index (χ4n) is 7.50. The molecule has 0 amide bonds. The summed E-state index contributed by atoms with van der Waals surface area (Å²) < 4.78 is 8.58. The van der Waals surface area contributed by atoms with E-state index in [1.54, 1.807) is 6.20 Å². The van der Waals surface area contributed by atoms with Crippen molar-refractivity contribution in [2.45, 2.75) is 0 Å². The van der Waals surface area contributed by atoms with Gasteiger partial charge in [-0.1, -0.05) is 97.1 Å². The monoisotopic (exact) mass is 653 g/mol. The first-order valence-electron chi connectivity index (χ1n) is 17.2. The van der Waals surface area contributed by atoms with Crippen molar-refractivity contribution < 1.29 is 4.42 Å². The Bertz CT molecular complexity index is 2800. The van der Waals surface area contributed by atoms with E-state index in [1.807, 2.05) is 12.3 Å². The van der Waals surface area contributed by atoms with Crippen LogP contribution in [0, 0.1) is 0 Å². The van der Waals surface area contributed by atoms with Crippen LogP contribution in [-0.2, 0) is 0 Å². The SMILES string of the molecule is c1ccc(-c2cc(-c3ccccc3)cc(N(c3ccc4oc5cnccc5c4c3)c3ccc4c(c3)c3ccccc3n4-c3ccccc3)c2)cc1. The number of nitrogens with zero attached hydrogens (tertiary/aromatic N) is 3. The van der Waals surface area contributed by atoms with Crippen molar-refractivity contribution in [3.05, 3.63) is 188 Å². The van der Waals surface area contributed by atoms with Gasteiger partial charge >= 0.3 is 0 Å². The topological polar surface area (TPSA) is 34.2 Å². The van der Waals surface area contributed by atoms with Crippen LogP contribution in [-0.4, -0.2) is 9.55 Å². The molecule has 10 aromatic rings. The lowest BCUT2D eigenvalue weighted by molar-refractivity contribution is 0.667. The van der Waals surface area contributed by atoms with Crippen LogP contribution in [0.4, 0.5) is 17.1 Å². The Hall–Kier alpha value is -6.91. The minimum atomic E-state index is 0.781. The molecule has 0 radical (unpaired) electrons. The Morgan fingerprint density at radius 3 is 1.75 bits per heavy atom. The fraction of sp³-hybridized carbons (Fsp3) is 0. The molecule has 0 unspecified atom stereocenters. The zero-order chi connectivity index (χ0) is 33.7. The molecular formula is C47H31N3O. The van der Waals surface area contributed by atoms with Crippen molar-refractivity contribution >= 4 is 60.8 Å². The summed E-state index contributed by atoms with van der Waals surface area (Å²) in [6.45, 7) is 0. The Morgan fingerprint density at radius 1 is 0.412 bits per heavy atom. The van der Waals surface area contributed by atoms with Crippen LogP contribution in [0.2, 0.25) is 0 Å². The van der Waals surface area contributed by atoms with Crippen LogP contribution in [0.25, 0.3) is 71.7 Å². The Kier molecular flexibility index (Phi) is 6.78. The average molecular weight is 654 g/mol. The second kappa shape index (κ2) is 11.9. The Morgan fingerprint density at radius 2 is 1.02 bits per heavy atom. The zero-order valence-corrected chi connectivity index (χ0v) is 27.6. The van der Waals surface area contributed by atoms with E-state index in [2.05, 4.69) is 184 Å². The quantitative estimate of drug-likeness (QED) is 0.179. The zero-order valence-electron chi connectivity index (χ0n) is 27.6. The van der Waals surface area contributed by atoms with E-state index in [4.69, 9.17) is 4.42 Å². The van der Waals surface area contributed by atoms with Crippen molar-refractivity contribution in [3.8, 4) is 27.9 Å². The molecule has 4 heteroatoms. The van der Waals surface area contributed by atoms with Crippen LogP contribution in [0.15, 0.2) is 193 Å². The van der Waals surface area contributed by atoms with Crippen LogP contribution >= 0.6 is 0 Å². The van der Waals surface area contributed by atoms with E-state index in [1.165, 1.54) is 27.4 Å². The summed E-state index contributed by atoms with van der Waals surface area (Å²) in [5, 5.41) is 4.51. The van der Waals surface area contributed by atoms with Crippen molar-refractivity contribution in [2.24, 2.45) is 0 Å². The molecule has 0 aliphatic carbocycles. The molecule has 0 spiro atoms. The van der Waals surface area contributed by atoms with Crippen molar-refractivity contribution in [3.63, 3.8) is 0 Å². The van der Waals surface area contributed by atoms with Crippen LogP contribution in [0.5, 0.6) is 0 Å².